The zero-order valence-electron chi connectivity index (χ0n) is 11.5. The molecule has 1 unspecified atom stereocenters. The number of rotatable bonds is 4. The lowest BCUT2D eigenvalue weighted by molar-refractivity contribution is 0.175. The molecule has 1 atom stereocenters. The van der Waals surface area contributed by atoms with Crippen molar-refractivity contribution in [2.75, 3.05) is 7.11 Å². The lowest BCUT2D eigenvalue weighted by Crippen LogP contribution is -2.07. The predicted molar refractivity (Wildman–Crippen MR) is 77.3 cm³/mol. The molecule has 2 aromatic rings. The van der Waals surface area contributed by atoms with E-state index in [4.69, 9.17) is 4.74 Å². The van der Waals surface area contributed by atoms with Crippen LogP contribution in [-0.2, 0) is 13.5 Å². The number of ether oxygens (including phenoxy) is 1. The molecule has 108 valence electrons. The highest BCUT2D eigenvalue weighted by Crippen LogP contribution is 2.28. The van der Waals surface area contributed by atoms with E-state index in [2.05, 4.69) is 21.0 Å². The molecule has 0 fully saturated rings. The van der Waals surface area contributed by atoms with Gasteiger partial charge in [-0.05, 0) is 40.5 Å². The molecule has 0 saturated carbocycles. The van der Waals surface area contributed by atoms with E-state index in [0.29, 0.717) is 12.0 Å². The van der Waals surface area contributed by atoms with Gasteiger partial charge in [0.2, 0.25) is 0 Å². The van der Waals surface area contributed by atoms with Gasteiger partial charge in [0.15, 0.2) is 11.6 Å². The van der Waals surface area contributed by atoms with Gasteiger partial charge in [0, 0.05) is 13.5 Å². The number of methoxy groups -OCH3 is 1. The smallest absolute Gasteiger partial charge is 0.165 e. The van der Waals surface area contributed by atoms with Crippen LogP contribution in [0.5, 0.6) is 5.75 Å². The van der Waals surface area contributed by atoms with Crippen molar-refractivity contribution in [3.63, 3.8) is 0 Å². The standard InChI is InChI=1S/C14H16BrFN2O2/c1-8-14(15)11(18(2)17-8)7-12(19)9-4-5-13(20-3)10(16)6-9/h4-6,12,19H,7H2,1-3H3. The largest absolute Gasteiger partial charge is 0.494 e. The lowest BCUT2D eigenvalue weighted by atomic mass is 10.0. The number of nitrogens with zero attached hydrogens (tertiary/aromatic N) is 2. The Morgan fingerprint density at radius 2 is 2.20 bits per heavy atom. The highest BCUT2D eigenvalue weighted by atomic mass is 79.9. The minimum atomic E-state index is -0.804. The van der Waals surface area contributed by atoms with E-state index in [1.54, 1.807) is 10.7 Å². The van der Waals surface area contributed by atoms with Crippen molar-refractivity contribution in [3.8, 4) is 5.75 Å². The minimum absolute atomic E-state index is 0.165. The molecule has 4 nitrogen and oxygen atoms in total. The summed E-state index contributed by atoms with van der Waals surface area (Å²) in [5, 5.41) is 14.5. The normalized spacial score (nSPS) is 12.5. The Hall–Kier alpha value is -1.40. The molecule has 1 N–H and O–H groups in total. The molecule has 2 rings (SSSR count). The third-order valence-electron chi connectivity index (χ3n) is 3.21. The third-order valence-corrected chi connectivity index (χ3v) is 4.24. The molecule has 0 aliphatic carbocycles. The molecule has 20 heavy (non-hydrogen) atoms. The van der Waals surface area contributed by atoms with Crippen LogP contribution >= 0.6 is 15.9 Å². The summed E-state index contributed by atoms with van der Waals surface area (Å²) in [6.07, 6.45) is -0.453. The Bertz CT molecular complexity index is 628. The summed E-state index contributed by atoms with van der Waals surface area (Å²) >= 11 is 3.45. The fourth-order valence-electron chi connectivity index (χ4n) is 2.09. The first-order valence-electron chi connectivity index (χ1n) is 6.13. The molecule has 0 spiro atoms. The highest BCUT2D eigenvalue weighted by molar-refractivity contribution is 9.10. The van der Waals surface area contributed by atoms with E-state index in [9.17, 15) is 9.50 Å². The van der Waals surface area contributed by atoms with E-state index >= 15 is 0 Å². The van der Waals surface area contributed by atoms with Crippen LogP contribution in [0.4, 0.5) is 4.39 Å². The summed E-state index contributed by atoms with van der Waals surface area (Å²) in [6.45, 7) is 1.88. The van der Waals surface area contributed by atoms with Gasteiger partial charge in [0.1, 0.15) is 0 Å². The monoisotopic (exact) mass is 342 g/mol. The second kappa shape index (κ2) is 5.93. The van der Waals surface area contributed by atoms with Gasteiger partial charge in [-0.15, -0.1) is 0 Å². The number of aliphatic hydroxyl groups is 1. The molecule has 0 radical (unpaired) electrons. The highest BCUT2D eigenvalue weighted by Gasteiger charge is 2.17. The first kappa shape index (κ1) is 15.0. The number of aromatic nitrogens is 2. The Labute approximate surface area is 125 Å². The van der Waals surface area contributed by atoms with Crippen molar-refractivity contribution in [1.82, 2.24) is 9.78 Å². The number of hydrogen-bond donors (Lipinski definition) is 1. The van der Waals surface area contributed by atoms with Crippen LogP contribution < -0.4 is 4.74 Å². The summed E-state index contributed by atoms with van der Waals surface area (Å²) in [5.41, 5.74) is 2.23. The first-order valence-corrected chi connectivity index (χ1v) is 6.92. The molecule has 0 aliphatic heterocycles. The van der Waals surface area contributed by atoms with Crippen molar-refractivity contribution in [2.24, 2.45) is 7.05 Å². The fourth-order valence-corrected chi connectivity index (χ4v) is 2.59. The van der Waals surface area contributed by atoms with E-state index in [1.165, 1.54) is 19.2 Å². The van der Waals surface area contributed by atoms with E-state index in [0.717, 1.165) is 15.9 Å². The Morgan fingerprint density at radius 1 is 1.50 bits per heavy atom. The van der Waals surface area contributed by atoms with Gasteiger partial charge in [-0.2, -0.15) is 5.10 Å². The second-order valence-corrected chi connectivity index (χ2v) is 5.38. The third kappa shape index (κ3) is 2.86. The summed E-state index contributed by atoms with van der Waals surface area (Å²) in [4.78, 5) is 0. The summed E-state index contributed by atoms with van der Waals surface area (Å²) in [5.74, 6) is -0.317. The van der Waals surface area contributed by atoms with Crippen molar-refractivity contribution >= 4 is 15.9 Å². The Kier molecular flexibility index (Phi) is 4.45. The van der Waals surface area contributed by atoms with Crippen LogP contribution in [0.15, 0.2) is 22.7 Å². The number of benzene rings is 1. The predicted octanol–water partition coefficient (Wildman–Crippen LogP) is 2.91. The van der Waals surface area contributed by atoms with Gasteiger partial charge < -0.3 is 9.84 Å². The van der Waals surface area contributed by atoms with E-state index in [-0.39, 0.29) is 5.75 Å². The molecule has 0 bridgehead atoms. The van der Waals surface area contributed by atoms with Crippen LogP contribution in [-0.4, -0.2) is 22.0 Å². The zero-order valence-corrected chi connectivity index (χ0v) is 13.1. The van der Waals surface area contributed by atoms with Gasteiger partial charge in [0.25, 0.3) is 0 Å². The lowest BCUT2D eigenvalue weighted by Gasteiger charge is -2.13. The Morgan fingerprint density at radius 3 is 2.70 bits per heavy atom. The van der Waals surface area contributed by atoms with Crippen LogP contribution in [0.1, 0.15) is 23.1 Å². The average molecular weight is 343 g/mol. The van der Waals surface area contributed by atoms with Gasteiger partial charge in [0.05, 0.1) is 29.1 Å². The maximum absolute atomic E-state index is 13.6. The second-order valence-electron chi connectivity index (χ2n) is 4.58. The van der Waals surface area contributed by atoms with Crippen LogP contribution in [0, 0.1) is 12.7 Å². The van der Waals surface area contributed by atoms with Crippen LogP contribution in [0.2, 0.25) is 0 Å². The molecule has 0 amide bonds. The van der Waals surface area contributed by atoms with Crippen molar-refractivity contribution in [2.45, 2.75) is 19.4 Å². The van der Waals surface area contributed by atoms with Crippen molar-refractivity contribution in [1.29, 1.82) is 0 Å². The average Bonchev–Trinajstić information content (AvgIpc) is 2.65. The van der Waals surface area contributed by atoms with Gasteiger partial charge in [-0.1, -0.05) is 6.07 Å². The van der Waals surface area contributed by atoms with Crippen LogP contribution in [0.25, 0.3) is 0 Å². The van der Waals surface area contributed by atoms with E-state index < -0.39 is 11.9 Å². The number of hydrogen-bond acceptors (Lipinski definition) is 3. The molecule has 0 aliphatic rings. The summed E-state index contributed by atoms with van der Waals surface area (Å²) < 4.78 is 21.1. The number of aliphatic hydroxyl groups excluding tert-OH is 1. The van der Waals surface area contributed by atoms with Crippen LogP contribution in [0.3, 0.4) is 0 Å². The maximum Gasteiger partial charge on any atom is 0.165 e. The quantitative estimate of drug-likeness (QED) is 0.929. The maximum atomic E-state index is 13.6. The zero-order chi connectivity index (χ0) is 14.9. The van der Waals surface area contributed by atoms with Gasteiger partial charge >= 0.3 is 0 Å². The van der Waals surface area contributed by atoms with E-state index in [1.807, 2.05) is 14.0 Å². The fraction of sp³-hybridized carbons (Fsp3) is 0.357. The summed E-state index contributed by atoms with van der Waals surface area (Å²) in [7, 11) is 3.22. The molecule has 1 aromatic heterocycles. The topological polar surface area (TPSA) is 47.3 Å². The van der Waals surface area contributed by atoms with Crippen molar-refractivity contribution < 1.29 is 14.2 Å². The Balaban J connectivity index is 2.23. The summed E-state index contributed by atoms with van der Waals surface area (Å²) in [6, 6.07) is 4.46. The molecule has 6 heteroatoms. The first-order chi connectivity index (χ1) is 9.43. The number of halogens is 2. The number of aryl methyl sites for hydroxylation is 2. The molecular formula is C14H16BrFN2O2. The molecule has 1 aromatic carbocycles. The SMILES string of the molecule is COc1ccc(C(O)Cc2c(Br)c(C)nn2C)cc1F. The molecule has 1 heterocycles. The molecule has 0 saturated heterocycles. The minimum Gasteiger partial charge on any atom is -0.494 e. The van der Waals surface area contributed by atoms with Crippen molar-refractivity contribution in [3.05, 3.63) is 45.4 Å². The van der Waals surface area contributed by atoms with Gasteiger partial charge in [-0.3, -0.25) is 4.68 Å². The molecular weight excluding hydrogens is 327 g/mol. The van der Waals surface area contributed by atoms with Gasteiger partial charge in [-0.25, -0.2) is 4.39 Å².